The number of pyridine rings is 1. The molecule has 0 bridgehead atoms. The molecule has 1 saturated heterocycles. The highest BCUT2D eigenvalue weighted by Gasteiger charge is 2.28. The zero-order valence-electron chi connectivity index (χ0n) is 16.1. The Morgan fingerprint density at radius 3 is 2.36 bits per heavy atom. The Labute approximate surface area is 163 Å². The number of methoxy groups -OCH3 is 1. The van der Waals surface area contributed by atoms with Gasteiger partial charge in [0.1, 0.15) is 5.75 Å². The predicted molar refractivity (Wildman–Crippen MR) is 104 cm³/mol. The van der Waals surface area contributed by atoms with Gasteiger partial charge < -0.3 is 14.4 Å². The van der Waals surface area contributed by atoms with Gasteiger partial charge in [-0.2, -0.15) is 0 Å². The van der Waals surface area contributed by atoms with Gasteiger partial charge in [-0.05, 0) is 50.1 Å². The fourth-order valence-corrected chi connectivity index (χ4v) is 3.32. The van der Waals surface area contributed by atoms with Gasteiger partial charge in [-0.1, -0.05) is 0 Å². The van der Waals surface area contributed by atoms with Crippen molar-refractivity contribution in [3.63, 3.8) is 0 Å². The molecular weight excluding hydrogens is 360 g/mol. The number of esters is 1. The number of carbonyl (C=O) groups excluding carboxylic acids is 2. The first-order chi connectivity index (χ1) is 13.5. The monoisotopic (exact) mass is 384 g/mol. The molecule has 0 radical (unpaired) electrons. The average Bonchev–Trinajstić information content (AvgIpc) is 2.74. The highest BCUT2D eigenvalue weighted by molar-refractivity contribution is 5.94. The summed E-state index contributed by atoms with van der Waals surface area (Å²) in [5, 5.41) is 0. The zero-order chi connectivity index (χ0) is 20.1. The standard InChI is InChI=1S/C21H24N2O5/c1-3-28-21(26)15-10-12-22(13-11-15)20(25)16-4-9-19(24)23(14-16)17-5-7-18(27-2)8-6-17/h4-9,14-15H,3,10-13H2,1-2H3. The molecule has 1 aromatic heterocycles. The molecule has 0 saturated carbocycles. The highest BCUT2D eigenvalue weighted by atomic mass is 16.5. The van der Waals surface area contributed by atoms with E-state index >= 15 is 0 Å². The summed E-state index contributed by atoms with van der Waals surface area (Å²) in [7, 11) is 1.57. The summed E-state index contributed by atoms with van der Waals surface area (Å²) in [4.78, 5) is 38.7. The Morgan fingerprint density at radius 1 is 1.07 bits per heavy atom. The van der Waals surface area contributed by atoms with Crippen LogP contribution in [0.25, 0.3) is 5.69 Å². The van der Waals surface area contributed by atoms with Gasteiger partial charge in [-0.25, -0.2) is 0 Å². The zero-order valence-corrected chi connectivity index (χ0v) is 16.1. The average molecular weight is 384 g/mol. The summed E-state index contributed by atoms with van der Waals surface area (Å²) in [6.07, 6.45) is 2.73. The van der Waals surface area contributed by atoms with Gasteiger partial charge >= 0.3 is 5.97 Å². The number of benzene rings is 1. The maximum atomic E-state index is 12.9. The highest BCUT2D eigenvalue weighted by Crippen LogP contribution is 2.21. The normalized spacial score (nSPS) is 14.6. The van der Waals surface area contributed by atoms with Crippen LogP contribution in [0.5, 0.6) is 5.75 Å². The molecule has 2 aromatic rings. The number of amides is 1. The summed E-state index contributed by atoms with van der Waals surface area (Å²) in [5.41, 5.74) is 0.870. The van der Waals surface area contributed by atoms with Crippen molar-refractivity contribution in [1.29, 1.82) is 0 Å². The van der Waals surface area contributed by atoms with E-state index in [9.17, 15) is 14.4 Å². The van der Waals surface area contributed by atoms with Gasteiger partial charge in [0, 0.05) is 31.0 Å². The Morgan fingerprint density at radius 2 is 1.75 bits per heavy atom. The lowest BCUT2D eigenvalue weighted by molar-refractivity contribution is -0.149. The van der Waals surface area contributed by atoms with E-state index in [0.29, 0.717) is 49.5 Å². The minimum Gasteiger partial charge on any atom is -0.497 e. The largest absolute Gasteiger partial charge is 0.497 e. The van der Waals surface area contributed by atoms with Crippen molar-refractivity contribution in [2.24, 2.45) is 5.92 Å². The summed E-state index contributed by atoms with van der Waals surface area (Å²) in [6.45, 7) is 3.13. The molecule has 2 heterocycles. The molecule has 7 heteroatoms. The predicted octanol–water partition coefficient (Wildman–Crippen LogP) is 2.26. The van der Waals surface area contributed by atoms with Crippen LogP contribution < -0.4 is 10.3 Å². The first kappa shape index (κ1) is 19.7. The number of aromatic nitrogens is 1. The summed E-state index contributed by atoms with van der Waals surface area (Å²) < 4.78 is 11.6. The van der Waals surface area contributed by atoms with Gasteiger partial charge in [0.25, 0.3) is 11.5 Å². The molecule has 0 spiro atoms. The van der Waals surface area contributed by atoms with Crippen molar-refractivity contribution in [2.45, 2.75) is 19.8 Å². The van der Waals surface area contributed by atoms with Crippen LogP contribution in [0.3, 0.4) is 0 Å². The molecule has 7 nitrogen and oxygen atoms in total. The van der Waals surface area contributed by atoms with Crippen molar-refractivity contribution < 1.29 is 19.1 Å². The lowest BCUT2D eigenvalue weighted by Crippen LogP contribution is -2.41. The number of nitrogens with zero attached hydrogens (tertiary/aromatic N) is 2. The van der Waals surface area contributed by atoms with Gasteiger partial charge in [0.15, 0.2) is 0 Å². The molecule has 0 atom stereocenters. The third-order valence-corrected chi connectivity index (χ3v) is 4.91. The molecule has 1 aliphatic heterocycles. The topological polar surface area (TPSA) is 77.8 Å². The van der Waals surface area contributed by atoms with E-state index in [1.165, 1.54) is 10.6 Å². The maximum Gasteiger partial charge on any atom is 0.309 e. The second-order valence-corrected chi connectivity index (χ2v) is 6.64. The van der Waals surface area contributed by atoms with Crippen LogP contribution in [0.4, 0.5) is 0 Å². The lowest BCUT2D eigenvalue weighted by atomic mass is 9.96. The van der Waals surface area contributed by atoms with Crippen LogP contribution in [0, 0.1) is 5.92 Å². The van der Waals surface area contributed by atoms with E-state index in [0.717, 1.165) is 0 Å². The van der Waals surface area contributed by atoms with Crippen LogP contribution in [0.15, 0.2) is 47.4 Å². The van der Waals surface area contributed by atoms with E-state index in [-0.39, 0.29) is 23.4 Å². The first-order valence-electron chi connectivity index (χ1n) is 9.36. The van der Waals surface area contributed by atoms with Gasteiger partial charge in [-0.15, -0.1) is 0 Å². The molecule has 1 amide bonds. The van der Waals surface area contributed by atoms with Crippen LogP contribution in [0.2, 0.25) is 0 Å². The van der Waals surface area contributed by atoms with Gasteiger partial charge in [-0.3, -0.25) is 19.0 Å². The van der Waals surface area contributed by atoms with Crippen molar-refractivity contribution >= 4 is 11.9 Å². The minimum atomic E-state index is -0.220. The smallest absolute Gasteiger partial charge is 0.309 e. The SMILES string of the molecule is CCOC(=O)C1CCN(C(=O)c2ccc(=O)n(-c3ccc(OC)cc3)c2)CC1. The molecule has 3 rings (SSSR count). The van der Waals surface area contributed by atoms with Crippen LogP contribution in [-0.2, 0) is 9.53 Å². The number of ether oxygens (including phenoxy) is 2. The van der Waals surface area contributed by atoms with Gasteiger partial charge in [0.05, 0.1) is 25.2 Å². The molecule has 0 aliphatic carbocycles. The molecule has 1 aliphatic rings. The van der Waals surface area contributed by atoms with E-state index < -0.39 is 0 Å². The van der Waals surface area contributed by atoms with E-state index in [1.807, 2.05) is 0 Å². The Bertz CT molecular complexity index is 896. The van der Waals surface area contributed by atoms with Crippen molar-refractivity contribution in [3.8, 4) is 11.4 Å². The first-order valence-corrected chi connectivity index (χ1v) is 9.36. The minimum absolute atomic E-state index is 0.149. The third kappa shape index (κ3) is 4.24. The van der Waals surface area contributed by atoms with E-state index in [1.54, 1.807) is 55.5 Å². The maximum absolute atomic E-state index is 12.9. The second-order valence-electron chi connectivity index (χ2n) is 6.64. The van der Waals surface area contributed by atoms with E-state index in [4.69, 9.17) is 9.47 Å². The molecule has 0 N–H and O–H groups in total. The van der Waals surface area contributed by atoms with Crippen molar-refractivity contribution in [1.82, 2.24) is 9.47 Å². The Balaban J connectivity index is 1.74. The Hall–Kier alpha value is -3.09. The van der Waals surface area contributed by atoms with Crippen LogP contribution in [-0.4, -0.2) is 48.1 Å². The molecule has 0 unspecified atom stereocenters. The summed E-state index contributed by atoms with van der Waals surface area (Å²) >= 11 is 0. The number of rotatable bonds is 5. The molecule has 1 aromatic carbocycles. The van der Waals surface area contributed by atoms with Crippen molar-refractivity contribution in [3.05, 3.63) is 58.5 Å². The van der Waals surface area contributed by atoms with E-state index in [2.05, 4.69) is 0 Å². The number of hydrogen-bond acceptors (Lipinski definition) is 5. The summed E-state index contributed by atoms with van der Waals surface area (Å²) in [5.74, 6) is 0.193. The summed E-state index contributed by atoms with van der Waals surface area (Å²) in [6, 6.07) is 9.98. The number of piperidine rings is 1. The van der Waals surface area contributed by atoms with Gasteiger partial charge in [0.2, 0.25) is 0 Å². The lowest BCUT2D eigenvalue weighted by Gasteiger charge is -2.31. The van der Waals surface area contributed by atoms with Crippen LogP contribution >= 0.6 is 0 Å². The fourth-order valence-electron chi connectivity index (χ4n) is 3.32. The number of hydrogen-bond donors (Lipinski definition) is 0. The quantitative estimate of drug-likeness (QED) is 0.739. The molecule has 1 fully saturated rings. The molecule has 148 valence electrons. The number of likely N-dealkylation sites (tertiary alicyclic amines) is 1. The van der Waals surface area contributed by atoms with Crippen molar-refractivity contribution in [2.75, 3.05) is 26.8 Å². The second kappa shape index (κ2) is 8.73. The fraction of sp³-hybridized carbons (Fsp3) is 0.381. The van der Waals surface area contributed by atoms with Crippen LogP contribution in [0.1, 0.15) is 30.1 Å². The molecular formula is C21H24N2O5. The third-order valence-electron chi connectivity index (χ3n) is 4.91. The number of carbonyl (C=O) groups is 2. The molecule has 28 heavy (non-hydrogen) atoms. The Kier molecular flexibility index (Phi) is 6.13.